The lowest BCUT2D eigenvalue weighted by Gasteiger charge is -2.30. The smallest absolute Gasteiger partial charge is 0.346 e. The van der Waals surface area contributed by atoms with Crippen LogP contribution >= 0.6 is 0 Å². The van der Waals surface area contributed by atoms with Crippen molar-refractivity contribution in [1.29, 1.82) is 0 Å². The zero-order chi connectivity index (χ0) is 19.5. The fraction of sp³-hybridized carbons (Fsp3) is 0.556. The SMILES string of the molecule is COC(=O)[C@H](C)OC(=O)C1CCN(S(=O)(=O)c2ccc(C)cc2C)CC1. The molecule has 1 aromatic rings. The molecule has 1 saturated heterocycles. The Labute approximate surface area is 154 Å². The molecule has 1 aromatic carbocycles. The first-order valence-electron chi connectivity index (χ1n) is 8.52. The number of carbonyl (C=O) groups excluding carboxylic acids is 2. The second-order valence-corrected chi connectivity index (χ2v) is 8.46. The summed E-state index contributed by atoms with van der Waals surface area (Å²) in [5.74, 6) is -1.53. The van der Waals surface area contributed by atoms with Crippen molar-refractivity contribution in [3.63, 3.8) is 0 Å². The normalized spacial score (nSPS) is 17.5. The molecule has 2 rings (SSSR count). The van der Waals surface area contributed by atoms with Crippen LogP contribution in [-0.4, -0.2) is 51.0 Å². The molecule has 0 unspecified atom stereocenters. The van der Waals surface area contributed by atoms with E-state index in [1.807, 2.05) is 13.0 Å². The molecule has 0 radical (unpaired) electrons. The third-order valence-electron chi connectivity index (χ3n) is 4.56. The van der Waals surface area contributed by atoms with Crippen molar-refractivity contribution in [2.45, 2.75) is 44.6 Å². The first kappa shape index (κ1) is 20.4. The molecule has 1 atom stereocenters. The third-order valence-corrected chi connectivity index (χ3v) is 6.62. The van der Waals surface area contributed by atoms with Crippen LogP contribution in [0.15, 0.2) is 23.1 Å². The summed E-state index contributed by atoms with van der Waals surface area (Å²) in [6, 6.07) is 5.24. The number of piperidine rings is 1. The van der Waals surface area contributed by atoms with Gasteiger partial charge in [-0.25, -0.2) is 13.2 Å². The van der Waals surface area contributed by atoms with Gasteiger partial charge in [0.2, 0.25) is 10.0 Å². The zero-order valence-electron chi connectivity index (χ0n) is 15.5. The Hall–Kier alpha value is -1.93. The predicted octanol–water partition coefficient (Wildman–Crippen LogP) is 1.81. The van der Waals surface area contributed by atoms with E-state index in [1.165, 1.54) is 18.3 Å². The molecular weight excluding hydrogens is 358 g/mol. The van der Waals surface area contributed by atoms with E-state index in [9.17, 15) is 18.0 Å². The number of aryl methyl sites for hydroxylation is 2. The van der Waals surface area contributed by atoms with Crippen LogP contribution in [0.2, 0.25) is 0 Å². The van der Waals surface area contributed by atoms with Crippen LogP contribution in [0.25, 0.3) is 0 Å². The van der Waals surface area contributed by atoms with Crippen molar-refractivity contribution in [2.75, 3.05) is 20.2 Å². The number of carbonyl (C=O) groups is 2. The van der Waals surface area contributed by atoms with Gasteiger partial charge in [-0.05, 0) is 45.2 Å². The number of nitrogens with zero attached hydrogens (tertiary/aromatic N) is 1. The van der Waals surface area contributed by atoms with Crippen LogP contribution in [0.3, 0.4) is 0 Å². The molecule has 0 amide bonds. The highest BCUT2D eigenvalue weighted by atomic mass is 32.2. The number of hydrogen-bond acceptors (Lipinski definition) is 6. The Morgan fingerprint density at radius 1 is 1.19 bits per heavy atom. The van der Waals surface area contributed by atoms with Gasteiger partial charge in [-0.1, -0.05) is 17.7 Å². The number of rotatable bonds is 5. The minimum absolute atomic E-state index is 0.238. The summed E-state index contributed by atoms with van der Waals surface area (Å²) in [5, 5.41) is 0. The Balaban J connectivity index is 2.01. The lowest BCUT2D eigenvalue weighted by Crippen LogP contribution is -2.41. The van der Waals surface area contributed by atoms with E-state index in [0.29, 0.717) is 23.3 Å². The molecule has 0 spiro atoms. The maximum Gasteiger partial charge on any atom is 0.346 e. The first-order chi connectivity index (χ1) is 12.2. The van der Waals surface area contributed by atoms with E-state index in [-0.39, 0.29) is 13.1 Å². The maximum atomic E-state index is 12.9. The molecule has 0 saturated carbocycles. The van der Waals surface area contributed by atoms with Crippen LogP contribution in [0.5, 0.6) is 0 Å². The van der Waals surface area contributed by atoms with Gasteiger partial charge in [0.1, 0.15) is 0 Å². The summed E-state index contributed by atoms with van der Waals surface area (Å²) in [7, 11) is -2.37. The van der Waals surface area contributed by atoms with Gasteiger partial charge in [0.05, 0.1) is 17.9 Å². The van der Waals surface area contributed by atoms with Gasteiger partial charge in [0.25, 0.3) is 0 Å². The van der Waals surface area contributed by atoms with Gasteiger partial charge in [0, 0.05) is 13.1 Å². The van der Waals surface area contributed by atoms with Crippen molar-refractivity contribution in [3.05, 3.63) is 29.3 Å². The summed E-state index contributed by atoms with van der Waals surface area (Å²) in [6.45, 7) is 5.61. The minimum atomic E-state index is -3.59. The van der Waals surface area contributed by atoms with Crippen LogP contribution in [0.4, 0.5) is 0 Å². The lowest BCUT2D eigenvalue weighted by molar-refractivity contribution is -0.168. The van der Waals surface area contributed by atoms with E-state index < -0.39 is 34.0 Å². The highest BCUT2D eigenvalue weighted by molar-refractivity contribution is 7.89. The zero-order valence-corrected chi connectivity index (χ0v) is 16.3. The summed E-state index contributed by atoms with van der Waals surface area (Å²) in [6.07, 6.45) is -0.252. The fourth-order valence-corrected chi connectivity index (χ4v) is 4.72. The summed E-state index contributed by atoms with van der Waals surface area (Å²) >= 11 is 0. The third kappa shape index (κ3) is 4.42. The maximum absolute atomic E-state index is 12.9. The van der Waals surface area contributed by atoms with Crippen LogP contribution in [-0.2, 0) is 29.1 Å². The lowest BCUT2D eigenvalue weighted by atomic mass is 9.98. The van der Waals surface area contributed by atoms with E-state index >= 15 is 0 Å². The minimum Gasteiger partial charge on any atom is -0.466 e. The first-order valence-corrected chi connectivity index (χ1v) is 9.96. The van der Waals surface area contributed by atoms with Crippen LogP contribution in [0.1, 0.15) is 30.9 Å². The molecule has 144 valence electrons. The van der Waals surface area contributed by atoms with Crippen molar-refractivity contribution in [3.8, 4) is 0 Å². The molecule has 0 aromatic heterocycles. The Kier molecular flexibility index (Phi) is 6.41. The molecule has 26 heavy (non-hydrogen) atoms. The van der Waals surface area contributed by atoms with Gasteiger partial charge in [-0.2, -0.15) is 4.31 Å². The molecule has 1 aliphatic heterocycles. The molecule has 0 bridgehead atoms. The molecule has 0 aliphatic carbocycles. The summed E-state index contributed by atoms with van der Waals surface area (Å²) in [4.78, 5) is 23.8. The van der Waals surface area contributed by atoms with E-state index in [1.54, 1.807) is 19.1 Å². The van der Waals surface area contributed by atoms with Crippen LogP contribution in [0, 0.1) is 19.8 Å². The quantitative estimate of drug-likeness (QED) is 0.721. The van der Waals surface area contributed by atoms with Gasteiger partial charge in [-0.3, -0.25) is 4.79 Å². The summed E-state index contributed by atoms with van der Waals surface area (Å²) in [5.41, 5.74) is 1.71. The summed E-state index contributed by atoms with van der Waals surface area (Å²) < 4.78 is 36.7. The topological polar surface area (TPSA) is 90.0 Å². The largest absolute Gasteiger partial charge is 0.466 e. The molecule has 8 heteroatoms. The van der Waals surface area contributed by atoms with Gasteiger partial charge in [-0.15, -0.1) is 0 Å². The van der Waals surface area contributed by atoms with Crippen LogP contribution < -0.4 is 0 Å². The number of esters is 2. The second kappa shape index (κ2) is 8.18. The monoisotopic (exact) mass is 383 g/mol. The number of sulfonamides is 1. The highest BCUT2D eigenvalue weighted by Crippen LogP contribution is 2.27. The van der Waals surface area contributed by atoms with E-state index in [2.05, 4.69) is 4.74 Å². The fourth-order valence-electron chi connectivity index (χ4n) is 3.04. The second-order valence-electron chi connectivity index (χ2n) is 6.55. The van der Waals surface area contributed by atoms with E-state index in [4.69, 9.17) is 4.74 Å². The molecular formula is C18H25NO6S. The highest BCUT2D eigenvalue weighted by Gasteiger charge is 2.34. The number of benzene rings is 1. The Bertz CT molecular complexity index is 781. The number of methoxy groups -OCH3 is 1. The molecule has 1 fully saturated rings. The molecule has 1 heterocycles. The average Bonchev–Trinajstić information content (AvgIpc) is 2.60. The molecule has 1 aliphatic rings. The number of ether oxygens (including phenoxy) is 2. The van der Waals surface area contributed by atoms with Crippen molar-refractivity contribution in [2.24, 2.45) is 5.92 Å². The van der Waals surface area contributed by atoms with Gasteiger partial charge in [0.15, 0.2) is 6.10 Å². The average molecular weight is 383 g/mol. The Morgan fingerprint density at radius 2 is 1.81 bits per heavy atom. The number of hydrogen-bond donors (Lipinski definition) is 0. The van der Waals surface area contributed by atoms with Crippen molar-refractivity contribution < 1.29 is 27.5 Å². The van der Waals surface area contributed by atoms with E-state index in [0.717, 1.165) is 5.56 Å². The van der Waals surface area contributed by atoms with Crippen molar-refractivity contribution >= 4 is 22.0 Å². The van der Waals surface area contributed by atoms with Gasteiger partial charge < -0.3 is 9.47 Å². The molecule has 0 N–H and O–H groups in total. The predicted molar refractivity (Wildman–Crippen MR) is 95.0 cm³/mol. The Morgan fingerprint density at radius 3 is 2.35 bits per heavy atom. The van der Waals surface area contributed by atoms with Gasteiger partial charge >= 0.3 is 11.9 Å². The van der Waals surface area contributed by atoms with Crippen molar-refractivity contribution in [1.82, 2.24) is 4.31 Å². The molecule has 7 nitrogen and oxygen atoms in total. The standard InChI is InChI=1S/C18H25NO6S/c1-12-5-6-16(13(2)11-12)26(22,23)19-9-7-15(8-10-19)18(21)25-14(3)17(20)24-4/h5-6,11,14-15H,7-10H2,1-4H3/t14-/m0/s1.